The first-order chi connectivity index (χ1) is 9.79. The van der Waals surface area contributed by atoms with E-state index in [2.05, 4.69) is 29.7 Å². The van der Waals surface area contributed by atoms with Crippen LogP contribution < -0.4 is 5.73 Å². The Morgan fingerprint density at radius 1 is 1.40 bits per heavy atom. The lowest BCUT2D eigenvalue weighted by Gasteiger charge is -2.26. The molecule has 1 fully saturated rings. The van der Waals surface area contributed by atoms with Crippen LogP contribution >= 0.6 is 23.5 Å². The van der Waals surface area contributed by atoms with Crippen LogP contribution in [0.25, 0.3) is 11.0 Å². The van der Waals surface area contributed by atoms with Crippen molar-refractivity contribution in [1.82, 2.24) is 9.55 Å². The minimum Gasteiger partial charge on any atom is -0.328 e. The summed E-state index contributed by atoms with van der Waals surface area (Å²) in [4.78, 5) is 4.79. The van der Waals surface area contributed by atoms with Gasteiger partial charge in [0, 0.05) is 41.5 Å². The molecule has 1 aromatic heterocycles. The Kier molecular flexibility index (Phi) is 4.58. The number of nitrogens with zero attached hydrogens (tertiary/aromatic N) is 2. The number of benzene rings is 1. The second-order valence-corrected chi connectivity index (χ2v) is 7.61. The highest BCUT2D eigenvalue weighted by Gasteiger charge is 2.23. The standard InChI is InChI=1S/C15H21N3S2/c1-2-18-13-6-4-3-5-12(13)17-15(18)9-11(16)14-10-19-7-8-20-14/h3-6,11,14H,2,7-10,16H2,1H3. The molecule has 3 nitrogen and oxygen atoms in total. The molecule has 2 heterocycles. The van der Waals surface area contributed by atoms with Gasteiger partial charge in [-0.1, -0.05) is 12.1 Å². The molecule has 1 saturated heterocycles. The predicted molar refractivity (Wildman–Crippen MR) is 90.7 cm³/mol. The molecule has 108 valence electrons. The maximum atomic E-state index is 6.44. The van der Waals surface area contributed by atoms with Crippen LogP contribution in [0.3, 0.4) is 0 Å². The van der Waals surface area contributed by atoms with E-state index in [9.17, 15) is 0 Å². The third kappa shape index (κ3) is 2.85. The largest absolute Gasteiger partial charge is 0.328 e. The lowest BCUT2D eigenvalue weighted by molar-refractivity contribution is 0.608. The summed E-state index contributed by atoms with van der Waals surface area (Å²) < 4.78 is 2.30. The Hall–Kier alpha value is -0.650. The van der Waals surface area contributed by atoms with Crippen molar-refractivity contribution in [2.75, 3.05) is 17.3 Å². The molecule has 5 heteroatoms. The smallest absolute Gasteiger partial charge is 0.111 e. The van der Waals surface area contributed by atoms with E-state index in [0.29, 0.717) is 5.25 Å². The van der Waals surface area contributed by atoms with Crippen LogP contribution in [0, 0.1) is 0 Å². The minimum atomic E-state index is 0.204. The molecule has 0 spiro atoms. The van der Waals surface area contributed by atoms with Gasteiger partial charge in [0.1, 0.15) is 5.82 Å². The van der Waals surface area contributed by atoms with Gasteiger partial charge in [0.15, 0.2) is 0 Å². The van der Waals surface area contributed by atoms with E-state index in [0.717, 1.165) is 24.3 Å². The van der Waals surface area contributed by atoms with Gasteiger partial charge in [-0.05, 0) is 19.1 Å². The van der Waals surface area contributed by atoms with Gasteiger partial charge in [-0.15, -0.1) is 0 Å². The van der Waals surface area contributed by atoms with E-state index in [1.807, 2.05) is 29.6 Å². The molecule has 2 unspecified atom stereocenters. The van der Waals surface area contributed by atoms with Gasteiger partial charge in [0.25, 0.3) is 0 Å². The normalized spacial score (nSPS) is 21.2. The highest BCUT2D eigenvalue weighted by molar-refractivity contribution is 8.06. The summed E-state index contributed by atoms with van der Waals surface area (Å²) in [6.45, 7) is 3.13. The van der Waals surface area contributed by atoms with Gasteiger partial charge in [0.2, 0.25) is 0 Å². The molecule has 2 atom stereocenters. The number of aromatic nitrogens is 2. The van der Waals surface area contributed by atoms with Gasteiger partial charge in [-0.25, -0.2) is 4.98 Å². The summed E-state index contributed by atoms with van der Waals surface area (Å²) in [5.74, 6) is 4.81. The first-order valence-electron chi connectivity index (χ1n) is 7.18. The van der Waals surface area contributed by atoms with Crippen molar-refractivity contribution < 1.29 is 0 Å². The van der Waals surface area contributed by atoms with Crippen molar-refractivity contribution >= 4 is 34.6 Å². The van der Waals surface area contributed by atoms with E-state index < -0.39 is 0 Å². The fourth-order valence-electron chi connectivity index (χ4n) is 2.73. The summed E-state index contributed by atoms with van der Waals surface area (Å²) in [5, 5.41) is 0.568. The summed E-state index contributed by atoms with van der Waals surface area (Å²) >= 11 is 4.06. The molecule has 1 aliphatic heterocycles. The quantitative estimate of drug-likeness (QED) is 0.943. The zero-order valence-electron chi connectivity index (χ0n) is 11.8. The van der Waals surface area contributed by atoms with Gasteiger partial charge in [-0.3, -0.25) is 0 Å². The molecule has 0 amide bonds. The third-order valence-corrected chi connectivity index (χ3v) is 6.73. The molecular weight excluding hydrogens is 286 g/mol. The monoisotopic (exact) mass is 307 g/mol. The Balaban J connectivity index is 1.82. The number of hydrogen-bond donors (Lipinski definition) is 1. The van der Waals surface area contributed by atoms with E-state index in [1.54, 1.807) is 0 Å². The molecule has 0 aliphatic carbocycles. The molecule has 1 aromatic carbocycles. The van der Waals surface area contributed by atoms with Crippen molar-refractivity contribution in [3.63, 3.8) is 0 Å². The minimum absolute atomic E-state index is 0.204. The Labute approximate surface area is 128 Å². The average Bonchev–Trinajstić information content (AvgIpc) is 2.85. The first-order valence-corrected chi connectivity index (χ1v) is 9.39. The van der Waals surface area contributed by atoms with Gasteiger partial charge < -0.3 is 10.3 Å². The van der Waals surface area contributed by atoms with Crippen molar-refractivity contribution in [3.8, 4) is 0 Å². The van der Waals surface area contributed by atoms with Crippen LogP contribution in [0.4, 0.5) is 0 Å². The predicted octanol–water partition coefficient (Wildman–Crippen LogP) is 2.77. The Bertz CT molecular complexity index is 576. The van der Waals surface area contributed by atoms with E-state index in [4.69, 9.17) is 10.7 Å². The molecule has 2 N–H and O–H groups in total. The van der Waals surface area contributed by atoms with E-state index in [1.165, 1.54) is 22.8 Å². The highest BCUT2D eigenvalue weighted by atomic mass is 32.2. The summed E-state index contributed by atoms with van der Waals surface area (Å²) in [5.41, 5.74) is 8.75. The molecule has 20 heavy (non-hydrogen) atoms. The van der Waals surface area contributed by atoms with Crippen molar-refractivity contribution in [1.29, 1.82) is 0 Å². The summed E-state index contributed by atoms with van der Waals surface area (Å²) in [6.07, 6.45) is 0.876. The zero-order chi connectivity index (χ0) is 13.9. The molecular formula is C15H21N3S2. The van der Waals surface area contributed by atoms with Gasteiger partial charge in [-0.2, -0.15) is 23.5 Å². The van der Waals surface area contributed by atoms with Crippen LogP contribution in [0.5, 0.6) is 0 Å². The number of rotatable bonds is 4. The van der Waals surface area contributed by atoms with E-state index >= 15 is 0 Å². The molecule has 1 aliphatic rings. The first kappa shape index (κ1) is 14.3. The molecule has 0 saturated carbocycles. The number of imidazole rings is 1. The number of thioether (sulfide) groups is 2. The number of para-hydroxylation sites is 2. The number of hydrogen-bond acceptors (Lipinski definition) is 4. The topological polar surface area (TPSA) is 43.8 Å². The second kappa shape index (κ2) is 6.41. The van der Waals surface area contributed by atoms with Crippen molar-refractivity contribution in [2.45, 2.75) is 31.2 Å². The lowest BCUT2D eigenvalue weighted by Crippen LogP contribution is -2.38. The highest BCUT2D eigenvalue weighted by Crippen LogP contribution is 2.27. The van der Waals surface area contributed by atoms with Crippen LogP contribution in [0.2, 0.25) is 0 Å². The SMILES string of the molecule is CCn1c(CC(N)C2CSCCS2)nc2ccccc21. The molecule has 0 radical (unpaired) electrons. The average molecular weight is 307 g/mol. The maximum absolute atomic E-state index is 6.44. The van der Waals surface area contributed by atoms with Crippen LogP contribution in [0.15, 0.2) is 24.3 Å². The van der Waals surface area contributed by atoms with Gasteiger partial charge in [0.05, 0.1) is 11.0 Å². The lowest BCUT2D eigenvalue weighted by atomic mass is 10.1. The maximum Gasteiger partial charge on any atom is 0.111 e. The molecule has 0 bridgehead atoms. The zero-order valence-corrected chi connectivity index (χ0v) is 13.4. The summed E-state index contributed by atoms with van der Waals surface area (Å²) in [6, 6.07) is 8.56. The second-order valence-electron chi connectivity index (χ2n) is 5.11. The number of nitrogens with two attached hydrogens (primary N) is 1. The number of aryl methyl sites for hydroxylation is 1. The van der Waals surface area contributed by atoms with Crippen molar-refractivity contribution in [3.05, 3.63) is 30.1 Å². The molecule has 2 aromatic rings. The Morgan fingerprint density at radius 3 is 3.00 bits per heavy atom. The summed E-state index contributed by atoms with van der Waals surface area (Å²) in [7, 11) is 0. The third-order valence-electron chi connectivity index (χ3n) is 3.79. The molecule has 3 rings (SSSR count). The Morgan fingerprint density at radius 2 is 2.25 bits per heavy atom. The fourth-order valence-corrected chi connectivity index (χ4v) is 5.55. The van der Waals surface area contributed by atoms with Crippen molar-refractivity contribution in [2.24, 2.45) is 5.73 Å². The van der Waals surface area contributed by atoms with Crippen LogP contribution in [-0.4, -0.2) is 38.1 Å². The van der Waals surface area contributed by atoms with Gasteiger partial charge >= 0.3 is 0 Å². The fraction of sp³-hybridized carbons (Fsp3) is 0.533. The van der Waals surface area contributed by atoms with E-state index in [-0.39, 0.29) is 6.04 Å². The van der Waals surface area contributed by atoms with Crippen LogP contribution in [-0.2, 0) is 13.0 Å². The van der Waals surface area contributed by atoms with Crippen LogP contribution in [0.1, 0.15) is 12.7 Å². The number of fused-ring (bicyclic) bond motifs is 1.